The van der Waals surface area contributed by atoms with Crippen LogP contribution in [-0.2, 0) is 12.8 Å². The van der Waals surface area contributed by atoms with Gasteiger partial charge in [0.1, 0.15) is 11.6 Å². The molecule has 0 spiro atoms. The highest BCUT2D eigenvalue weighted by atomic mass is 16.3. The fraction of sp³-hybridized carbons (Fsp3) is 0.188. The van der Waals surface area contributed by atoms with E-state index in [-0.39, 0.29) is 5.75 Å². The van der Waals surface area contributed by atoms with Crippen molar-refractivity contribution in [1.29, 1.82) is 0 Å². The van der Waals surface area contributed by atoms with Crippen molar-refractivity contribution in [3.63, 3.8) is 0 Å². The average Bonchev–Trinajstić information content (AvgIpc) is 3.00. The van der Waals surface area contributed by atoms with Crippen LogP contribution in [0.25, 0.3) is 11.0 Å². The summed E-state index contributed by atoms with van der Waals surface area (Å²) in [6, 6.07) is 13.8. The molecule has 0 bridgehead atoms. The molecule has 0 unspecified atom stereocenters. The molecule has 3 heteroatoms. The van der Waals surface area contributed by atoms with E-state index in [1.807, 2.05) is 6.07 Å². The number of H-pyrrole nitrogens is 1. The minimum atomic E-state index is 0.275. The van der Waals surface area contributed by atoms with Crippen LogP contribution in [0, 0.1) is 0 Å². The fourth-order valence-electron chi connectivity index (χ4n) is 2.96. The van der Waals surface area contributed by atoms with Crippen LogP contribution in [0.5, 0.6) is 5.75 Å². The van der Waals surface area contributed by atoms with Crippen molar-refractivity contribution < 1.29 is 5.11 Å². The number of fused-ring (bicyclic) bond motifs is 2. The molecule has 1 aliphatic carbocycles. The Labute approximate surface area is 110 Å². The Hall–Kier alpha value is -2.29. The van der Waals surface area contributed by atoms with Crippen LogP contribution in [0.4, 0.5) is 0 Å². The largest absolute Gasteiger partial charge is 0.508 e. The van der Waals surface area contributed by atoms with Crippen molar-refractivity contribution in [3.8, 4) is 5.75 Å². The van der Waals surface area contributed by atoms with Gasteiger partial charge in [-0.15, -0.1) is 0 Å². The van der Waals surface area contributed by atoms with Crippen LogP contribution >= 0.6 is 0 Å². The predicted molar refractivity (Wildman–Crippen MR) is 74.3 cm³/mol. The lowest BCUT2D eigenvalue weighted by molar-refractivity contribution is 0.476. The highest BCUT2D eigenvalue weighted by Gasteiger charge is 2.24. The molecule has 0 radical (unpaired) electrons. The summed E-state index contributed by atoms with van der Waals surface area (Å²) >= 11 is 0. The number of benzene rings is 2. The third-order valence-corrected chi connectivity index (χ3v) is 3.92. The molecule has 0 saturated carbocycles. The van der Waals surface area contributed by atoms with Crippen molar-refractivity contribution in [2.45, 2.75) is 18.8 Å². The molecule has 19 heavy (non-hydrogen) atoms. The third kappa shape index (κ3) is 1.70. The first-order valence-electron chi connectivity index (χ1n) is 6.55. The fourth-order valence-corrected chi connectivity index (χ4v) is 2.96. The van der Waals surface area contributed by atoms with Crippen molar-refractivity contribution in [3.05, 3.63) is 59.4 Å². The van der Waals surface area contributed by atoms with Crippen LogP contribution < -0.4 is 0 Å². The maximum atomic E-state index is 9.50. The van der Waals surface area contributed by atoms with Gasteiger partial charge >= 0.3 is 0 Å². The standard InChI is InChI=1S/C16H14N2O/c19-13-5-6-14-15(9-13)18-16(17-14)12-7-10-3-1-2-4-11(10)8-12/h1-6,9,12,19H,7-8H2,(H,17,18). The first kappa shape index (κ1) is 10.6. The number of phenols is 1. The third-order valence-electron chi connectivity index (χ3n) is 3.92. The molecule has 2 aromatic carbocycles. The summed E-state index contributed by atoms with van der Waals surface area (Å²) in [6.07, 6.45) is 2.09. The summed E-state index contributed by atoms with van der Waals surface area (Å²) in [5.41, 5.74) is 4.68. The molecule has 3 nitrogen and oxygen atoms in total. The first-order valence-corrected chi connectivity index (χ1v) is 6.55. The maximum absolute atomic E-state index is 9.50. The second kappa shape index (κ2) is 3.85. The number of rotatable bonds is 1. The Morgan fingerprint density at radius 3 is 2.53 bits per heavy atom. The van der Waals surface area contributed by atoms with Gasteiger partial charge in [-0.05, 0) is 36.1 Å². The summed E-state index contributed by atoms with van der Waals surface area (Å²) in [5, 5.41) is 9.50. The second-order valence-corrected chi connectivity index (χ2v) is 5.20. The first-order chi connectivity index (χ1) is 9.29. The molecule has 1 heterocycles. The molecule has 2 N–H and O–H groups in total. The van der Waals surface area contributed by atoms with Crippen molar-refractivity contribution >= 4 is 11.0 Å². The van der Waals surface area contributed by atoms with Gasteiger partial charge in [-0.3, -0.25) is 0 Å². The van der Waals surface area contributed by atoms with Gasteiger partial charge in [0.2, 0.25) is 0 Å². The predicted octanol–water partition coefficient (Wildman–Crippen LogP) is 3.15. The highest BCUT2D eigenvalue weighted by Crippen LogP contribution is 2.33. The van der Waals surface area contributed by atoms with E-state index in [2.05, 4.69) is 34.2 Å². The molecule has 0 amide bonds. The molecule has 0 fully saturated rings. The lowest BCUT2D eigenvalue weighted by atomic mass is 10.1. The number of aromatic nitrogens is 2. The van der Waals surface area contributed by atoms with Crippen LogP contribution in [-0.4, -0.2) is 15.1 Å². The second-order valence-electron chi connectivity index (χ2n) is 5.20. The molecule has 0 aliphatic heterocycles. The van der Waals surface area contributed by atoms with Crippen LogP contribution in [0.2, 0.25) is 0 Å². The Bertz CT molecular complexity index is 735. The number of imidazole rings is 1. The molecule has 4 rings (SSSR count). The number of aromatic hydroxyl groups is 1. The Morgan fingerprint density at radius 1 is 1.05 bits per heavy atom. The van der Waals surface area contributed by atoms with E-state index in [1.54, 1.807) is 12.1 Å². The van der Waals surface area contributed by atoms with Crippen LogP contribution in [0.15, 0.2) is 42.5 Å². The van der Waals surface area contributed by atoms with Gasteiger partial charge < -0.3 is 10.1 Å². The molecular weight excluding hydrogens is 236 g/mol. The minimum Gasteiger partial charge on any atom is -0.508 e. The molecule has 0 atom stereocenters. The lowest BCUT2D eigenvalue weighted by Crippen LogP contribution is -1.99. The number of hydrogen-bond donors (Lipinski definition) is 2. The van der Waals surface area contributed by atoms with Gasteiger partial charge in [-0.25, -0.2) is 4.98 Å². The number of nitrogens with one attached hydrogen (secondary N) is 1. The van der Waals surface area contributed by atoms with Crippen molar-refractivity contribution in [2.75, 3.05) is 0 Å². The summed E-state index contributed by atoms with van der Waals surface area (Å²) in [7, 11) is 0. The topological polar surface area (TPSA) is 48.9 Å². The SMILES string of the molecule is Oc1ccc2nc(C3Cc4ccccc4C3)[nH]c2c1. The highest BCUT2D eigenvalue weighted by molar-refractivity contribution is 5.76. The van der Waals surface area contributed by atoms with Gasteiger partial charge in [0.15, 0.2) is 0 Å². The van der Waals surface area contributed by atoms with Gasteiger partial charge in [-0.1, -0.05) is 24.3 Å². The van der Waals surface area contributed by atoms with Gasteiger partial charge in [0.05, 0.1) is 11.0 Å². The normalized spacial score (nSPS) is 14.9. The summed E-state index contributed by atoms with van der Waals surface area (Å²) in [5.74, 6) is 1.72. The van der Waals surface area contributed by atoms with E-state index in [1.165, 1.54) is 11.1 Å². The molecule has 0 saturated heterocycles. The van der Waals surface area contributed by atoms with E-state index in [0.717, 1.165) is 29.7 Å². The summed E-state index contributed by atoms with van der Waals surface area (Å²) in [6.45, 7) is 0. The number of aromatic amines is 1. The van der Waals surface area contributed by atoms with E-state index >= 15 is 0 Å². The van der Waals surface area contributed by atoms with Crippen molar-refractivity contribution in [1.82, 2.24) is 9.97 Å². The van der Waals surface area contributed by atoms with Crippen LogP contribution in [0.1, 0.15) is 22.9 Å². The molecule has 94 valence electrons. The Morgan fingerprint density at radius 2 is 1.79 bits per heavy atom. The maximum Gasteiger partial charge on any atom is 0.117 e. The molecular formula is C16H14N2O. The molecule has 1 aromatic heterocycles. The number of hydrogen-bond acceptors (Lipinski definition) is 2. The summed E-state index contributed by atoms with van der Waals surface area (Å²) < 4.78 is 0. The quantitative estimate of drug-likeness (QED) is 0.697. The Balaban J connectivity index is 1.73. The Kier molecular flexibility index (Phi) is 2.15. The molecule has 3 aromatic rings. The van der Waals surface area contributed by atoms with Gasteiger partial charge in [0, 0.05) is 12.0 Å². The monoisotopic (exact) mass is 250 g/mol. The van der Waals surface area contributed by atoms with E-state index in [4.69, 9.17) is 0 Å². The van der Waals surface area contributed by atoms with E-state index in [9.17, 15) is 5.11 Å². The van der Waals surface area contributed by atoms with Gasteiger partial charge in [-0.2, -0.15) is 0 Å². The zero-order valence-corrected chi connectivity index (χ0v) is 10.4. The van der Waals surface area contributed by atoms with Gasteiger partial charge in [0.25, 0.3) is 0 Å². The molecule has 1 aliphatic rings. The van der Waals surface area contributed by atoms with Crippen molar-refractivity contribution in [2.24, 2.45) is 0 Å². The average molecular weight is 250 g/mol. The summed E-state index contributed by atoms with van der Waals surface area (Å²) in [4.78, 5) is 7.99. The number of nitrogens with zero attached hydrogens (tertiary/aromatic N) is 1. The van der Waals surface area contributed by atoms with Crippen LogP contribution in [0.3, 0.4) is 0 Å². The smallest absolute Gasteiger partial charge is 0.117 e. The minimum absolute atomic E-state index is 0.275. The zero-order valence-electron chi connectivity index (χ0n) is 10.4. The number of phenolic OH excluding ortho intramolecular Hbond substituents is 1. The lowest BCUT2D eigenvalue weighted by Gasteiger charge is -2.03. The van der Waals surface area contributed by atoms with E-state index < -0.39 is 0 Å². The zero-order chi connectivity index (χ0) is 12.8. The van der Waals surface area contributed by atoms with E-state index in [0.29, 0.717) is 5.92 Å².